The van der Waals surface area contributed by atoms with Gasteiger partial charge in [0.15, 0.2) is 0 Å². The van der Waals surface area contributed by atoms with Gasteiger partial charge in [-0.3, -0.25) is 10.2 Å². The molecule has 0 unspecified atom stereocenters. The van der Waals surface area contributed by atoms with E-state index in [1.165, 1.54) is 21.3 Å². The highest BCUT2D eigenvalue weighted by atomic mass is 35.5. The Hall–Kier alpha value is -2.53. The van der Waals surface area contributed by atoms with Crippen molar-refractivity contribution in [1.82, 2.24) is 14.1 Å². The van der Waals surface area contributed by atoms with Gasteiger partial charge in [0.2, 0.25) is 0 Å². The van der Waals surface area contributed by atoms with Gasteiger partial charge >= 0.3 is 0 Å². The van der Waals surface area contributed by atoms with Gasteiger partial charge in [-0.2, -0.15) is 4.31 Å². The number of amidine groups is 1. The van der Waals surface area contributed by atoms with E-state index >= 15 is 0 Å². The van der Waals surface area contributed by atoms with Crippen molar-refractivity contribution in [1.29, 1.82) is 5.41 Å². The fourth-order valence-electron chi connectivity index (χ4n) is 3.75. The molecule has 1 saturated heterocycles. The molecule has 34 heavy (non-hydrogen) atoms. The third-order valence-electron chi connectivity index (χ3n) is 5.91. The number of carbonyl (C=O) groups is 1. The minimum Gasteiger partial charge on any atom is -0.360 e. The molecule has 1 aliphatic heterocycles. The van der Waals surface area contributed by atoms with Crippen molar-refractivity contribution in [3.8, 4) is 0 Å². The SMILES string of the molecule is CCN(C)C(=N)c1ccc(C(=O)N2CCN(S(=O)(=O)c3cc4ccc(Cl)cc4s3)CC2)c(F)c1. The minimum absolute atomic E-state index is 0.0895. The maximum absolute atomic E-state index is 14.7. The maximum Gasteiger partial charge on any atom is 0.256 e. The van der Waals surface area contributed by atoms with E-state index in [1.54, 1.807) is 42.3 Å². The summed E-state index contributed by atoms with van der Waals surface area (Å²) in [6.45, 7) is 3.04. The third-order valence-corrected chi connectivity index (χ3v) is 9.59. The number of carbonyl (C=O) groups excluding carboxylic acids is 1. The van der Waals surface area contributed by atoms with Crippen LogP contribution in [0.5, 0.6) is 0 Å². The van der Waals surface area contributed by atoms with Crippen molar-refractivity contribution >= 4 is 54.8 Å². The first-order chi connectivity index (χ1) is 16.1. The molecule has 0 radical (unpaired) electrons. The molecule has 180 valence electrons. The number of nitrogens with zero attached hydrogens (tertiary/aromatic N) is 3. The number of halogens is 2. The highest BCUT2D eigenvalue weighted by Crippen LogP contribution is 2.33. The largest absolute Gasteiger partial charge is 0.360 e. The maximum atomic E-state index is 14.7. The Morgan fingerprint density at radius 1 is 1.15 bits per heavy atom. The van der Waals surface area contributed by atoms with Crippen LogP contribution < -0.4 is 0 Å². The molecule has 1 aromatic heterocycles. The van der Waals surface area contributed by atoms with Gasteiger partial charge in [-0.1, -0.05) is 23.7 Å². The van der Waals surface area contributed by atoms with Crippen LogP contribution in [-0.2, 0) is 10.0 Å². The van der Waals surface area contributed by atoms with Crippen molar-refractivity contribution in [3.05, 3.63) is 64.4 Å². The molecule has 11 heteroatoms. The topological polar surface area (TPSA) is 84.8 Å². The van der Waals surface area contributed by atoms with Crippen molar-refractivity contribution < 1.29 is 17.6 Å². The van der Waals surface area contributed by atoms with Crippen molar-refractivity contribution in [2.75, 3.05) is 39.8 Å². The van der Waals surface area contributed by atoms with Gasteiger partial charge in [-0.15, -0.1) is 11.3 Å². The average Bonchev–Trinajstić information content (AvgIpc) is 3.26. The Bertz CT molecular complexity index is 1370. The van der Waals surface area contributed by atoms with E-state index in [4.69, 9.17) is 17.0 Å². The first-order valence-corrected chi connectivity index (χ1v) is 13.3. The number of hydrogen-bond donors (Lipinski definition) is 1. The van der Waals surface area contributed by atoms with E-state index in [-0.39, 0.29) is 41.8 Å². The number of nitrogens with one attached hydrogen (secondary N) is 1. The molecule has 0 saturated carbocycles. The van der Waals surface area contributed by atoms with Gasteiger partial charge < -0.3 is 9.80 Å². The van der Waals surface area contributed by atoms with Crippen molar-refractivity contribution in [2.24, 2.45) is 0 Å². The summed E-state index contributed by atoms with van der Waals surface area (Å²) < 4.78 is 43.4. The summed E-state index contributed by atoms with van der Waals surface area (Å²) in [5.41, 5.74) is 0.298. The Labute approximate surface area is 206 Å². The lowest BCUT2D eigenvalue weighted by Crippen LogP contribution is -2.50. The van der Waals surface area contributed by atoms with Crippen LogP contribution in [0.3, 0.4) is 0 Å². The van der Waals surface area contributed by atoms with Crippen LogP contribution in [0.1, 0.15) is 22.8 Å². The van der Waals surface area contributed by atoms with E-state index in [2.05, 4.69) is 0 Å². The highest BCUT2D eigenvalue weighted by Gasteiger charge is 2.32. The fourth-order valence-corrected chi connectivity index (χ4v) is 7.00. The number of rotatable bonds is 5. The molecule has 2 aromatic carbocycles. The monoisotopic (exact) mass is 522 g/mol. The van der Waals surface area contributed by atoms with Crippen LogP contribution in [0.2, 0.25) is 5.02 Å². The third kappa shape index (κ3) is 4.68. The highest BCUT2D eigenvalue weighted by molar-refractivity contribution is 7.91. The Kier molecular flexibility index (Phi) is 6.95. The van der Waals surface area contributed by atoms with Gasteiger partial charge in [0.25, 0.3) is 15.9 Å². The van der Waals surface area contributed by atoms with Crippen molar-refractivity contribution in [2.45, 2.75) is 11.1 Å². The van der Waals surface area contributed by atoms with Crippen LogP contribution in [0, 0.1) is 11.2 Å². The molecule has 1 N–H and O–H groups in total. The van der Waals surface area contributed by atoms with Crippen LogP contribution in [0.25, 0.3) is 10.1 Å². The van der Waals surface area contributed by atoms with Crippen LogP contribution in [-0.4, -0.2) is 74.0 Å². The first-order valence-electron chi connectivity index (χ1n) is 10.7. The zero-order valence-corrected chi connectivity index (χ0v) is 21.1. The van der Waals surface area contributed by atoms with Gasteiger partial charge in [0, 0.05) is 55.1 Å². The Morgan fingerprint density at radius 2 is 1.85 bits per heavy atom. The minimum atomic E-state index is -3.72. The predicted octanol–water partition coefficient (Wildman–Crippen LogP) is 4.12. The molecule has 0 spiro atoms. The summed E-state index contributed by atoms with van der Waals surface area (Å²) in [7, 11) is -1.98. The molecule has 0 aliphatic carbocycles. The predicted molar refractivity (Wildman–Crippen MR) is 133 cm³/mol. The molecular formula is C23H24ClFN4O3S2. The molecule has 1 amide bonds. The molecule has 0 atom stereocenters. The van der Waals surface area contributed by atoms with E-state index in [0.717, 1.165) is 21.4 Å². The summed E-state index contributed by atoms with van der Waals surface area (Å²) >= 11 is 7.17. The summed E-state index contributed by atoms with van der Waals surface area (Å²) in [6, 6.07) is 11.0. The number of amides is 1. The quantitative estimate of drug-likeness (QED) is 0.403. The lowest BCUT2D eigenvalue weighted by Gasteiger charge is -2.33. The number of sulfonamides is 1. The zero-order valence-electron chi connectivity index (χ0n) is 18.7. The lowest BCUT2D eigenvalue weighted by molar-refractivity contribution is 0.0693. The molecule has 0 bridgehead atoms. The van der Waals surface area contributed by atoms with E-state index in [9.17, 15) is 17.6 Å². The fraction of sp³-hybridized carbons (Fsp3) is 0.304. The Balaban J connectivity index is 1.45. The summed E-state index contributed by atoms with van der Waals surface area (Å²) in [6.07, 6.45) is 0. The number of benzene rings is 2. The number of hydrogen-bond acceptors (Lipinski definition) is 5. The molecule has 3 aromatic rings. The second kappa shape index (κ2) is 9.61. The van der Waals surface area contributed by atoms with Gasteiger partial charge in [0.05, 0.1) is 5.56 Å². The van der Waals surface area contributed by atoms with Crippen LogP contribution >= 0.6 is 22.9 Å². The standard InChI is InChI=1S/C23H24ClFN4O3S2/c1-3-27(2)22(26)16-5-7-18(19(25)12-16)23(30)28-8-10-29(11-9-28)34(31,32)21-13-15-4-6-17(24)14-20(15)33-21/h4-7,12-14,26H,3,8-11H2,1-2H3. The number of fused-ring (bicyclic) bond motifs is 1. The van der Waals surface area contributed by atoms with Gasteiger partial charge in [0.1, 0.15) is 15.9 Å². The normalized spacial score (nSPS) is 15.0. The zero-order chi connectivity index (χ0) is 24.6. The second-order valence-electron chi connectivity index (χ2n) is 8.00. The smallest absolute Gasteiger partial charge is 0.256 e. The second-order valence-corrected chi connectivity index (χ2v) is 11.7. The van der Waals surface area contributed by atoms with Crippen LogP contribution in [0.4, 0.5) is 4.39 Å². The van der Waals surface area contributed by atoms with Crippen molar-refractivity contribution in [3.63, 3.8) is 0 Å². The number of piperazine rings is 1. The summed E-state index contributed by atoms with van der Waals surface area (Å²) in [5.74, 6) is -1.02. The van der Waals surface area contributed by atoms with Gasteiger partial charge in [-0.05, 0) is 42.6 Å². The molecule has 1 fully saturated rings. The average molecular weight is 523 g/mol. The molecule has 7 nitrogen and oxygen atoms in total. The molecule has 4 rings (SSSR count). The van der Waals surface area contributed by atoms with Gasteiger partial charge in [-0.25, -0.2) is 12.8 Å². The van der Waals surface area contributed by atoms with E-state index in [1.807, 2.05) is 6.92 Å². The first kappa shape index (κ1) is 24.6. The van der Waals surface area contributed by atoms with Crippen LogP contribution in [0.15, 0.2) is 46.7 Å². The van der Waals surface area contributed by atoms with E-state index < -0.39 is 21.7 Å². The molecule has 1 aliphatic rings. The number of thiophene rings is 1. The molecular weight excluding hydrogens is 499 g/mol. The summed E-state index contributed by atoms with van der Waals surface area (Å²) in [5, 5.41) is 9.45. The lowest BCUT2D eigenvalue weighted by atomic mass is 10.1. The summed E-state index contributed by atoms with van der Waals surface area (Å²) in [4.78, 5) is 16.0. The Morgan fingerprint density at radius 3 is 2.50 bits per heavy atom. The van der Waals surface area contributed by atoms with E-state index in [0.29, 0.717) is 17.1 Å². The molecule has 2 heterocycles.